The van der Waals surface area contributed by atoms with Gasteiger partial charge in [0.15, 0.2) is 0 Å². The number of nitrogens with two attached hydrogens (primary N) is 1. The molecule has 1 saturated heterocycles. The molecule has 0 aromatic rings. The molecule has 5 heteroatoms. The molecule has 0 aromatic heterocycles. The molecule has 0 aromatic carbocycles. The summed E-state index contributed by atoms with van der Waals surface area (Å²) in [6.07, 6.45) is 2.56. The summed E-state index contributed by atoms with van der Waals surface area (Å²) in [5.41, 5.74) is 5.26. The highest BCUT2D eigenvalue weighted by Gasteiger charge is 2.15. The molecule has 1 aliphatic rings. The zero-order chi connectivity index (χ0) is 11.8. The molecule has 0 radical (unpaired) electrons. The zero-order valence-corrected chi connectivity index (χ0v) is 10.1. The molecular weight excluding hydrogens is 206 g/mol. The fraction of sp³-hybridized carbons (Fsp3) is 0.909. The van der Waals surface area contributed by atoms with Crippen LogP contribution in [0.3, 0.4) is 0 Å². The Morgan fingerprint density at radius 2 is 2.19 bits per heavy atom. The Kier molecular flexibility index (Phi) is 6.37. The zero-order valence-electron chi connectivity index (χ0n) is 10.1. The molecule has 94 valence electrons. The van der Waals surface area contributed by atoms with Crippen molar-refractivity contribution in [2.45, 2.75) is 25.8 Å². The SMILES string of the molecule is CC(CN1CCCC1)NC(=O)COCCN. The van der Waals surface area contributed by atoms with E-state index < -0.39 is 0 Å². The van der Waals surface area contributed by atoms with E-state index in [1.165, 1.54) is 12.8 Å². The van der Waals surface area contributed by atoms with Gasteiger partial charge in [-0.15, -0.1) is 0 Å². The molecule has 0 aliphatic carbocycles. The number of hydrogen-bond donors (Lipinski definition) is 2. The number of likely N-dealkylation sites (tertiary alicyclic amines) is 1. The maximum absolute atomic E-state index is 11.4. The number of rotatable bonds is 7. The number of hydrogen-bond acceptors (Lipinski definition) is 4. The summed E-state index contributed by atoms with van der Waals surface area (Å²) >= 11 is 0. The average molecular weight is 229 g/mol. The second kappa shape index (κ2) is 7.60. The van der Waals surface area contributed by atoms with Gasteiger partial charge < -0.3 is 20.7 Å². The van der Waals surface area contributed by atoms with Gasteiger partial charge in [-0.05, 0) is 32.9 Å². The number of amides is 1. The van der Waals surface area contributed by atoms with Crippen LogP contribution < -0.4 is 11.1 Å². The molecule has 5 nitrogen and oxygen atoms in total. The van der Waals surface area contributed by atoms with Crippen LogP contribution >= 0.6 is 0 Å². The van der Waals surface area contributed by atoms with E-state index in [1.54, 1.807) is 0 Å². The van der Waals surface area contributed by atoms with Crippen molar-refractivity contribution in [1.82, 2.24) is 10.2 Å². The van der Waals surface area contributed by atoms with Crippen LogP contribution in [0.2, 0.25) is 0 Å². The van der Waals surface area contributed by atoms with Crippen LogP contribution in [0.4, 0.5) is 0 Å². The summed E-state index contributed by atoms with van der Waals surface area (Å²) in [6.45, 7) is 6.28. The van der Waals surface area contributed by atoms with E-state index in [9.17, 15) is 4.79 Å². The van der Waals surface area contributed by atoms with Crippen molar-refractivity contribution in [3.05, 3.63) is 0 Å². The van der Waals surface area contributed by atoms with Gasteiger partial charge in [0.1, 0.15) is 6.61 Å². The number of nitrogens with one attached hydrogen (secondary N) is 1. The third-order valence-electron chi connectivity index (χ3n) is 2.63. The smallest absolute Gasteiger partial charge is 0.246 e. The molecular formula is C11H23N3O2. The lowest BCUT2D eigenvalue weighted by Crippen LogP contribution is -2.42. The molecule has 0 spiro atoms. The third kappa shape index (κ3) is 5.44. The van der Waals surface area contributed by atoms with Crippen molar-refractivity contribution < 1.29 is 9.53 Å². The molecule has 1 fully saturated rings. The molecule has 1 amide bonds. The summed E-state index contributed by atoms with van der Waals surface area (Å²) in [5.74, 6) is -0.0554. The normalized spacial score (nSPS) is 18.6. The molecule has 1 aliphatic heterocycles. The van der Waals surface area contributed by atoms with Crippen LogP contribution in [0.15, 0.2) is 0 Å². The monoisotopic (exact) mass is 229 g/mol. The molecule has 0 bridgehead atoms. The molecule has 16 heavy (non-hydrogen) atoms. The summed E-state index contributed by atoms with van der Waals surface area (Å²) in [5, 5.41) is 2.92. The quantitative estimate of drug-likeness (QED) is 0.581. The summed E-state index contributed by atoms with van der Waals surface area (Å²) in [7, 11) is 0. The van der Waals surface area contributed by atoms with E-state index >= 15 is 0 Å². The van der Waals surface area contributed by atoms with Crippen LogP contribution in [0.25, 0.3) is 0 Å². The molecule has 1 atom stereocenters. The van der Waals surface area contributed by atoms with Crippen molar-refractivity contribution in [1.29, 1.82) is 0 Å². The van der Waals surface area contributed by atoms with Crippen LogP contribution in [0.5, 0.6) is 0 Å². The van der Waals surface area contributed by atoms with Crippen LogP contribution in [0.1, 0.15) is 19.8 Å². The Labute approximate surface area is 97.3 Å². The second-order valence-corrected chi connectivity index (χ2v) is 4.32. The first-order valence-corrected chi connectivity index (χ1v) is 6.02. The van der Waals surface area contributed by atoms with Crippen molar-refractivity contribution in [3.8, 4) is 0 Å². The highest BCUT2D eigenvalue weighted by atomic mass is 16.5. The summed E-state index contributed by atoms with van der Waals surface area (Å²) in [4.78, 5) is 13.8. The lowest BCUT2D eigenvalue weighted by atomic mass is 10.3. The largest absolute Gasteiger partial charge is 0.370 e. The molecule has 1 unspecified atom stereocenters. The first-order valence-electron chi connectivity index (χ1n) is 6.02. The van der Waals surface area contributed by atoms with Gasteiger partial charge in [0, 0.05) is 19.1 Å². The predicted molar refractivity (Wildman–Crippen MR) is 63.2 cm³/mol. The van der Waals surface area contributed by atoms with E-state index in [-0.39, 0.29) is 18.6 Å². The van der Waals surface area contributed by atoms with Gasteiger partial charge in [-0.25, -0.2) is 0 Å². The van der Waals surface area contributed by atoms with Gasteiger partial charge in [0.2, 0.25) is 5.91 Å². The Hall–Kier alpha value is -0.650. The Morgan fingerprint density at radius 1 is 1.50 bits per heavy atom. The molecule has 1 heterocycles. The number of nitrogens with zero attached hydrogens (tertiary/aromatic N) is 1. The van der Waals surface area contributed by atoms with E-state index in [4.69, 9.17) is 10.5 Å². The van der Waals surface area contributed by atoms with E-state index in [2.05, 4.69) is 10.2 Å². The highest BCUT2D eigenvalue weighted by Crippen LogP contribution is 2.07. The molecule has 0 saturated carbocycles. The van der Waals surface area contributed by atoms with Crippen LogP contribution in [0, 0.1) is 0 Å². The lowest BCUT2D eigenvalue weighted by Gasteiger charge is -2.21. The van der Waals surface area contributed by atoms with Gasteiger partial charge in [-0.1, -0.05) is 0 Å². The minimum atomic E-state index is -0.0554. The van der Waals surface area contributed by atoms with Gasteiger partial charge in [-0.2, -0.15) is 0 Å². The molecule has 3 N–H and O–H groups in total. The van der Waals surface area contributed by atoms with Crippen LogP contribution in [-0.2, 0) is 9.53 Å². The average Bonchev–Trinajstić information content (AvgIpc) is 2.70. The maximum atomic E-state index is 11.4. The maximum Gasteiger partial charge on any atom is 0.246 e. The van der Waals surface area contributed by atoms with E-state index in [1.807, 2.05) is 6.92 Å². The lowest BCUT2D eigenvalue weighted by molar-refractivity contribution is -0.126. The van der Waals surface area contributed by atoms with Crippen molar-refractivity contribution in [2.24, 2.45) is 5.73 Å². The fourth-order valence-electron chi connectivity index (χ4n) is 1.96. The van der Waals surface area contributed by atoms with E-state index in [0.717, 1.165) is 19.6 Å². The van der Waals surface area contributed by atoms with E-state index in [0.29, 0.717) is 13.2 Å². The van der Waals surface area contributed by atoms with Crippen LogP contribution in [-0.4, -0.2) is 56.2 Å². The first kappa shape index (κ1) is 13.4. The summed E-state index contributed by atoms with van der Waals surface area (Å²) in [6, 6.07) is 0.187. The number of carbonyl (C=O) groups is 1. The fourth-order valence-corrected chi connectivity index (χ4v) is 1.96. The van der Waals surface area contributed by atoms with Crippen molar-refractivity contribution in [2.75, 3.05) is 39.4 Å². The first-order chi connectivity index (χ1) is 7.72. The van der Waals surface area contributed by atoms with Gasteiger partial charge >= 0.3 is 0 Å². The van der Waals surface area contributed by atoms with Gasteiger partial charge in [0.05, 0.1) is 6.61 Å². The number of ether oxygens (including phenoxy) is 1. The highest BCUT2D eigenvalue weighted by molar-refractivity contribution is 5.77. The van der Waals surface area contributed by atoms with Crippen molar-refractivity contribution in [3.63, 3.8) is 0 Å². The third-order valence-corrected chi connectivity index (χ3v) is 2.63. The Balaban J connectivity index is 2.07. The minimum Gasteiger partial charge on any atom is -0.370 e. The minimum absolute atomic E-state index is 0.0554. The van der Waals surface area contributed by atoms with Crippen molar-refractivity contribution >= 4 is 5.91 Å². The molecule has 1 rings (SSSR count). The van der Waals surface area contributed by atoms with Gasteiger partial charge in [0.25, 0.3) is 0 Å². The Bertz CT molecular complexity index is 205. The second-order valence-electron chi connectivity index (χ2n) is 4.32. The summed E-state index contributed by atoms with van der Waals surface area (Å²) < 4.78 is 5.06. The standard InChI is InChI=1S/C11H23N3O2/c1-10(8-14-5-2-3-6-14)13-11(15)9-16-7-4-12/h10H,2-9,12H2,1H3,(H,13,15). The topological polar surface area (TPSA) is 67.6 Å². The predicted octanol–water partition coefficient (Wildman–Crippen LogP) is -0.438. The number of carbonyl (C=O) groups excluding carboxylic acids is 1. The Morgan fingerprint density at radius 3 is 2.81 bits per heavy atom. The van der Waals surface area contributed by atoms with Gasteiger partial charge in [-0.3, -0.25) is 4.79 Å².